The third-order valence-electron chi connectivity index (χ3n) is 1.70. The van der Waals surface area contributed by atoms with Crippen LogP contribution in [0.3, 0.4) is 0 Å². The highest BCUT2D eigenvalue weighted by molar-refractivity contribution is 5.80. The van der Waals surface area contributed by atoms with Gasteiger partial charge in [0.1, 0.15) is 0 Å². The second-order valence-corrected chi connectivity index (χ2v) is 2.76. The minimum atomic E-state index is -0.460. The second kappa shape index (κ2) is 5.94. The van der Waals surface area contributed by atoms with Crippen molar-refractivity contribution in [1.82, 2.24) is 5.48 Å². The summed E-state index contributed by atoms with van der Waals surface area (Å²) < 4.78 is 0. The van der Waals surface area contributed by atoms with Crippen molar-refractivity contribution in [1.29, 1.82) is 0 Å². The molecule has 0 atom stereocenters. The summed E-state index contributed by atoms with van der Waals surface area (Å²) in [5.74, 6) is -0.460. The van der Waals surface area contributed by atoms with Gasteiger partial charge in [0.05, 0.1) is 0 Å². The Morgan fingerprint density at radius 3 is 2.79 bits per heavy atom. The fourth-order valence-electron chi connectivity index (χ4n) is 1.00. The lowest BCUT2D eigenvalue weighted by molar-refractivity contribution is -0.144. The molecule has 0 fully saturated rings. The highest BCUT2D eigenvalue weighted by Crippen LogP contribution is 1.97. The molecular weight excluding hydrogens is 178 g/mol. The molecular formula is C11H13NO2. The molecule has 0 aromatic heterocycles. The molecule has 0 aliphatic carbocycles. The zero-order valence-corrected chi connectivity index (χ0v) is 7.90. The molecule has 0 unspecified atom stereocenters. The van der Waals surface area contributed by atoms with Crippen molar-refractivity contribution in [2.45, 2.75) is 6.42 Å². The SMILES string of the molecule is C=CC(=O)ONCCc1ccccc1. The van der Waals surface area contributed by atoms with Gasteiger partial charge < -0.3 is 4.84 Å². The van der Waals surface area contributed by atoms with Crippen LogP contribution in [0.2, 0.25) is 0 Å². The Balaban J connectivity index is 2.16. The minimum absolute atomic E-state index is 0.460. The van der Waals surface area contributed by atoms with Crippen molar-refractivity contribution < 1.29 is 9.63 Å². The maximum atomic E-state index is 10.6. The molecule has 74 valence electrons. The largest absolute Gasteiger partial charge is 0.367 e. The van der Waals surface area contributed by atoms with Crippen LogP contribution >= 0.6 is 0 Å². The molecule has 3 heteroatoms. The van der Waals surface area contributed by atoms with Crippen LogP contribution in [0.1, 0.15) is 5.56 Å². The quantitative estimate of drug-likeness (QED) is 0.435. The van der Waals surface area contributed by atoms with Gasteiger partial charge in [0.15, 0.2) is 0 Å². The monoisotopic (exact) mass is 191 g/mol. The molecule has 3 nitrogen and oxygen atoms in total. The lowest BCUT2D eigenvalue weighted by Gasteiger charge is -2.03. The molecule has 1 rings (SSSR count). The maximum absolute atomic E-state index is 10.6. The van der Waals surface area contributed by atoms with Crippen molar-refractivity contribution >= 4 is 5.97 Å². The first-order chi connectivity index (χ1) is 6.83. The Morgan fingerprint density at radius 1 is 1.43 bits per heavy atom. The van der Waals surface area contributed by atoms with Crippen LogP contribution in [-0.4, -0.2) is 12.5 Å². The van der Waals surface area contributed by atoms with Crippen molar-refractivity contribution in [2.75, 3.05) is 6.54 Å². The van der Waals surface area contributed by atoms with Crippen molar-refractivity contribution in [3.8, 4) is 0 Å². The van der Waals surface area contributed by atoms with Gasteiger partial charge in [-0.1, -0.05) is 36.9 Å². The molecule has 0 aliphatic heterocycles. The van der Waals surface area contributed by atoms with E-state index in [4.69, 9.17) is 0 Å². The van der Waals surface area contributed by atoms with Crippen molar-refractivity contribution in [2.24, 2.45) is 0 Å². The van der Waals surface area contributed by atoms with Crippen molar-refractivity contribution in [3.63, 3.8) is 0 Å². The van der Waals surface area contributed by atoms with Gasteiger partial charge in [-0.25, -0.2) is 4.79 Å². The van der Waals surface area contributed by atoms with E-state index in [-0.39, 0.29) is 0 Å². The number of carbonyl (C=O) groups is 1. The topological polar surface area (TPSA) is 38.3 Å². The fraction of sp³-hybridized carbons (Fsp3) is 0.182. The third-order valence-corrected chi connectivity index (χ3v) is 1.70. The zero-order valence-electron chi connectivity index (χ0n) is 7.90. The molecule has 1 aromatic carbocycles. The Hall–Kier alpha value is -1.61. The van der Waals surface area contributed by atoms with E-state index >= 15 is 0 Å². The van der Waals surface area contributed by atoms with Crippen molar-refractivity contribution in [3.05, 3.63) is 48.6 Å². The van der Waals surface area contributed by atoms with Gasteiger partial charge in [-0.2, -0.15) is 5.48 Å². The number of hydroxylamine groups is 1. The van der Waals surface area contributed by atoms with Gasteiger partial charge in [0.25, 0.3) is 0 Å². The summed E-state index contributed by atoms with van der Waals surface area (Å²) in [6.45, 7) is 3.88. The van der Waals surface area contributed by atoms with E-state index < -0.39 is 5.97 Å². The van der Waals surface area contributed by atoms with Gasteiger partial charge >= 0.3 is 5.97 Å². The third kappa shape index (κ3) is 3.87. The predicted molar refractivity (Wildman–Crippen MR) is 54.4 cm³/mol. The Bertz CT molecular complexity index is 295. The Labute approximate surface area is 83.3 Å². The molecule has 1 aromatic rings. The van der Waals surface area contributed by atoms with E-state index in [1.54, 1.807) is 0 Å². The molecule has 0 amide bonds. The fourth-order valence-corrected chi connectivity index (χ4v) is 1.00. The van der Waals surface area contributed by atoms with Gasteiger partial charge in [-0.3, -0.25) is 0 Å². The summed E-state index contributed by atoms with van der Waals surface area (Å²) >= 11 is 0. The maximum Gasteiger partial charge on any atom is 0.348 e. The molecule has 0 aliphatic rings. The molecule has 0 heterocycles. The number of carbonyl (C=O) groups excluding carboxylic acids is 1. The van der Waals surface area contributed by atoms with E-state index in [0.717, 1.165) is 12.5 Å². The molecule has 0 radical (unpaired) electrons. The van der Waals surface area contributed by atoms with Crippen LogP contribution in [-0.2, 0) is 16.1 Å². The van der Waals surface area contributed by atoms with Gasteiger partial charge in [-0.05, 0) is 12.0 Å². The summed E-state index contributed by atoms with van der Waals surface area (Å²) in [5, 5.41) is 0. The molecule has 0 spiro atoms. The summed E-state index contributed by atoms with van der Waals surface area (Å²) in [6, 6.07) is 9.97. The van der Waals surface area contributed by atoms with Crippen LogP contribution in [0, 0.1) is 0 Å². The highest BCUT2D eigenvalue weighted by Gasteiger charge is 1.94. The van der Waals surface area contributed by atoms with Gasteiger partial charge in [0, 0.05) is 12.6 Å². The average molecular weight is 191 g/mol. The Kier molecular flexibility index (Phi) is 4.44. The van der Waals surface area contributed by atoms with E-state index in [1.807, 2.05) is 30.3 Å². The highest BCUT2D eigenvalue weighted by atomic mass is 16.7. The molecule has 0 bridgehead atoms. The molecule has 1 N–H and O–H groups in total. The summed E-state index contributed by atoms with van der Waals surface area (Å²) in [4.78, 5) is 15.2. The second-order valence-electron chi connectivity index (χ2n) is 2.76. The first-order valence-electron chi connectivity index (χ1n) is 4.43. The smallest absolute Gasteiger partial charge is 0.348 e. The summed E-state index contributed by atoms with van der Waals surface area (Å²) in [6.07, 6.45) is 1.95. The predicted octanol–water partition coefficient (Wildman–Crippen LogP) is 1.46. The first-order valence-corrected chi connectivity index (χ1v) is 4.43. The number of rotatable bonds is 5. The summed E-state index contributed by atoms with van der Waals surface area (Å²) in [7, 11) is 0. The van der Waals surface area contributed by atoms with Crippen LogP contribution in [0.25, 0.3) is 0 Å². The Morgan fingerprint density at radius 2 is 2.14 bits per heavy atom. The lowest BCUT2D eigenvalue weighted by Crippen LogP contribution is -2.20. The van der Waals surface area contributed by atoms with Gasteiger partial charge in [0.2, 0.25) is 0 Å². The normalized spacial score (nSPS) is 9.43. The number of hydrogen-bond acceptors (Lipinski definition) is 3. The molecule has 14 heavy (non-hydrogen) atoms. The zero-order chi connectivity index (χ0) is 10.2. The van der Waals surface area contributed by atoms with Crippen LogP contribution < -0.4 is 5.48 Å². The minimum Gasteiger partial charge on any atom is -0.367 e. The van der Waals surface area contributed by atoms with E-state index in [1.165, 1.54) is 5.56 Å². The van der Waals surface area contributed by atoms with Gasteiger partial charge in [-0.15, -0.1) is 0 Å². The molecule has 0 saturated heterocycles. The lowest BCUT2D eigenvalue weighted by atomic mass is 10.2. The number of benzene rings is 1. The standard InChI is InChI=1S/C11H13NO2/c1-2-11(13)14-12-9-8-10-6-4-3-5-7-10/h2-7,12H,1,8-9H2. The number of nitrogens with one attached hydrogen (secondary N) is 1. The van der Waals surface area contributed by atoms with Crippen LogP contribution in [0.15, 0.2) is 43.0 Å². The van der Waals surface area contributed by atoms with E-state index in [9.17, 15) is 4.79 Å². The first kappa shape index (κ1) is 10.5. The van der Waals surface area contributed by atoms with E-state index in [2.05, 4.69) is 16.9 Å². The van der Waals surface area contributed by atoms with Crippen LogP contribution in [0.4, 0.5) is 0 Å². The number of hydrogen-bond donors (Lipinski definition) is 1. The molecule has 0 saturated carbocycles. The van der Waals surface area contributed by atoms with Crippen LogP contribution in [0.5, 0.6) is 0 Å². The average Bonchev–Trinajstić information content (AvgIpc) is 2.25. The summed E-state index contributed by atoms with van der Waals surface area (Å²) in [5.41, 5.74) is 3.77. The van der Waals surface area contributed by atoms with E-state index in [0.29, 0.717) is 6.54 Å².